The van der Waals surface area contributed by atoms with Crippen molar-refractivity contribution in [2.75, 3.05) is 25.0 Å². The Balaban J connectivity index is 1.26. The monoisotopic (exact) mass is 410 g/mol. The summed E-state index contributed by atoms with van der Waals surface area (Å²) in [5, 5.41) is 18.0. The molecular formula is C19H22N8OS. The van der Waals surface area contributed by atoms with Crippen LogP contribution in [0.4, 0.5) is 5.69 Å². The number of piperidine rings is 1. The number of anilines is 1. The molecule has 2 aromatic rings. The van der Waals surface area contributed by atoms with E-state index in [-0.39, 0.29) is 17.3 Å². The highest BCUT2D eigenvalue weighted by Crippen LogP contribution is 2.31. The van der Waals surface area contributed by atoms with Crippen LogP contribution in [0.25, 0.3) is 10.9 Å². The number of hydrogen-bond donors (Lipinski definition) is 4. The van der Waals surface area contributed by atoms with Crippen LogP contribution in [-0.2, 0) is 4.79 Å². The number of benzene rings is 1. The molecule has 3 aliphatic heterocycles. The predicted octanol–water partition coefficient (Wildman–Crippen LogP) is 1.37. The molecule has 3 aliphatic rings. The Kier molecular flexibility index (Phi) is 5.03. The molecule has 1 aromatic heterocycles. The molecule has 2 atom stereocenters. The number of nitrogens with one attached hydrogen (secondary N) is 4. The van der Waals surface area contributed by atoms with Gasteiger partial charge in [-0.1, -0.05) is 11.8 Å². The molecule has 29 heavy (non-hydrogen) atoms. The second-order valence-electron chi connectivity index (χ2n) is 7.37. The fourth-order valence-corrected chi connectivity index (χ4v) is 4.75. The third-order valence-electron chi connectivity index (χ3n) is 5.37. The van der Waals surface area contributed by atoms with Crippen LogP contribution in [0.2, 0.25) is 0 Å². The van der Waals surface area contributed by atoms with Crippen molar-refractivity contribution in [1.82, 2.24) is 20.8 Å². The van der Waals surface area contributed by atoms with E-state index in [1.807, 2.05) is 18.2 Å². The number of fused-ring (bicyclic) bond motifs is 2. The molecular weight excluding hydrogens is 388 g/mol. The molecule has 1 amide bonds. The van der Waals surface area contributed by atoms with Gasteiger partial charge in [0.1, 0.15) is 23.6 Å². The molecule has 10 heteroatoms. The van der Waals surface area contributed by atoms with Crippen LogP contribution in [0.5, 0.6) is 0 Å². The van der Waals surface area contributed by atoms with Gasteiger partial charge in [-0.05, 0) is 50.0 Å². The summed E-state index contributed by atoms with van der Waals surface area (Å²) in [4.78, 5) is 26.0. The van der Waals surface area contributed by atoms with Crippen LogP contribution < -0.4 is 16.0 Å². The van der Waals surface area contributed by atoms with Crippen LogP contribution in [-0.4, -0.2) is 64.4 Å². The van der Waals surface area contributed by atoms with Gasteiger partial charge >= 0.3 is 0 Å². The van der Waals surface area contributed by atoms with Crippen molar-refractivity contribution < 1.29 is 4.79 Å². The molecule has 1 fully saturated rings. The summed E-state index contributed by atoms with van der Waals surface area (Å²) in [5.41, 5.74) is 1.87. The smallest absolute Gasteiger partial charge is 0.276 e. The highest BCUT2D eigenvalue weighted by Gasteiger charge is 2.38. The maximum atomic E-state index is 12.6. The van der Waals surface area contributed by atoms with Crippen LogP contribution in [0.15, 0.2) is 39.4 Å². The third-order valence-corrected chi connectivity index (χ3v) is 6.50. The maximum absolute atomic E-state index is 12.6. The molecule has 4 N–H and O–H groups in total. The molecule has 9 nitrogen and oxygen atoms in total. The first kappa shape index (κ1) is 18.3. The first-order valence-corrected chi connectivity index (χ1v) is 10.7. The van der Waals surface area contributed by atoms with Gasteiger partial charge in [-0.3, -0.25) is 19.9 Å². The minimum atomic E-state index is -0.287. The fraction of sp³-hybridized carbons (Fsp3) is 0.421. The lowest BCUT2D eigenvalue weighted by atomic mass is 9.98. The summed E-state index contributed by atoms with van der Waals surface area (Å²) < 4.78 is 0. The average Bonchev–Trinajstić information content (AvgIpc) is 3.40. The van der Waals surface area contributed by atoms with Crippen molar-refractivity contribution in [3.63, 3.8) is 0 Å². The SMILES string of the molecule is O=C(NCC1CCNCC1)C1=NC2C(Nc3ccc4[nH]ncc4c3)=NC=NC2S1. The van der Waals surface area contributed by atoms with E-state index < -0.39 is 0 Å². The summed E-state index contributed by atoms with van der Waals surface area (Å²) in [7, 11) is 0. The van der Waals surface area contributed by atoms with Gasteiger partial charge in [0.05, 0.1) is 11.7 Å². The molecule has 0 spiro atoms. The normalized spacial score (nSPS) is 24.1. The Hall–Kier alpha value is -2.72. The van der Waals surface area contributed by atoms with E-state index in [0.717, 1.165) is 42.5 Å². The third kappa shape index (κ3) is 3.90. The van der Waals surface area contributed by atoms with E-state index in [1.165, 1.54) is 18.1 Å². The number of aromatic nitrogens is 2. The summed E-state index contributed by atoms with van der Waals surface area (Å²) in [5.74, 6) is 1.11. The lowest BCUT2D eigenvalue weighted by Crippen LogP contribution is -2.37. The number of aliphatic imine (C=N–C) groups is 3. The lowest BCUT2D eigenvalue weighted by molar-refractivity contribution is -0.114. The summed E-state index contributed by atoms with van der Waals surface area (Å²) in [6.45, 7) is 2.74. The van der Waals surface area contributed by atoms with E-state index in [1.54, 1.807) is 6.20 Å². The molecule has 1 saturated heterocycles. The van der Waals surface area contributed by atoms with Crippen LogP contribution in [0.3, 0.4) is 0 Å². The number of H-pyrrole nitrogens is 1. The number of carbonyl (C=O) groups is 1. The summed E-state index contributed by atoms with van der Waals surface area (Å²) in [6, 6.07) is 5.64. The van der Waals surface area contributed by atoms with Gasteiger partial charge in [0.25, 0.3) is 5.91 Å². The Labute approximate surface area is 171 Å². The van der Waals surface area contributed by atoms with Gasteiger partial charge in [0.2, 0.25) is 0 Å². The van der Waals surface area contributed by atoms with E-state index in [4.69, 9.17) is 0 Å². The van der Waals surface area contributed by atoms with Gasteiger partial charge in [-0.15, -0.1) is 0 Å². The standard InChI is InChI=1S/C19H22N8OS/c28-17(21-8-11-3-5-20-6-4-11)19-26-15-16(22-10-23-18(15)29-19)25-13-1-2-14-12(7-13)9-24-27-14/h1-2,7,9-11,15,18,20H,3-6,8H2,(H,21,28)(H,24,27)(H,22,23,25). The number of hydrogen-bond acceptors (Lipinski definition) is 8. The van der Waals surface area contributed by atoms with Crippen molar-refractivity contribution in [2.24, 2.45) is 20.9 Å². The summed E-state index contributed by atoms with van der Waals surface area (Å²) >= 11 is 1.40. The Morgan fingerprint density at radius 1 is 1.28 bits per heavy atom. The van der Waals surface area contributed by atoms with Gasteiger partial charge < -0.3 is 16.0 Å². The number of aromatic amines is 1. The van der Waals surface area contributed by atoms with Gasteiger partial charge in [0.15, 0.2) is 5.04 Å². The minimum Gasteiger partial charge on any atom is -0.350 e. The summed E-state index contributed by atoms with van der Waals surface area (Å²) in [6.07, 6.45) is 5.51. The lowest BCUT2D eigenvalue weighted by Gasteiger charge is -2.22. The fourth-order valence-electron chi connectivity index (χ4n) is 3.73. The first-order chi connectivity index (χ1) is 14.3. The highest BCUT2D eigenvalue weighted by molar-refractivity contribution is 8.16. The Morgan fingerprint density at radius 3 is 3.07 bits per heavy atom. The quantitative estimate of drug-likeness (QED) is 0.607. The van der Waals surface area contributed by atoms with Gasteiger partial charge in [0, 0.05) is 17.6 Å². The van der Waals surface area contributed by atoms with E-state index in [2.05, 4.69) is 41.1 Å². The number of amides is 1. The van der Waals surface area contributed by atoms with Crippen molar-refractivity contribution >= 4 is 51.5 Å². The molecule has 1 aromatic carbocycles. The van der Waals surface area contributed by atoms with Crippen molar-refractivity contribution in [3.8, 4) is 0 Å². The van der Waals surface area contributed by atoms with Gasteiger partial charge in [-0.25, -0.2) is 4.99 Å². The van der Waals surface area contributed by atoms with Crippen molar-refractivity contribution in [1.29, 1.82) is 0 Å². The van der Waals surface area contributed by atoms with Crippen LogP contribution in [0, 0.1) is 5.92 Å². The molecule has 4 heterocycles. The number of thioether (sulfide) groups is 1. The molecule has 2 unspecified atom stereocenters. The Bertz CT molecular complexity index is 1010. The molecule has 0 saturated carbocycles. The van der Waals surface area contributed by atoms with E-state index >= 15 is 0 Å². The highest BCUT2D eigenvalue weighted by atomic mass is 32.2. The molecule has 0 bridgehead atoms. The molecule has 0 radical (unpaired) electrons. The number of nitrogens with zero attached hydrogens (tertiary/aromatic N) is 4. The van der Waals surface area contributed by atoms with Crippen LogP contribution in [0.1, 0.15) is 12.8 Å². The van der Waals surface area contributed by atoms with E-state index in [0.29, 0.717) is 23.3 Å². The first-order valence-electron chi connectivity index (χ1n) is 9.79. The topological polar surface area (TPSA) is 119 Å². The zero-order chi connectivity index (χ0) is 19.6. The zero-order valence-corrected chi connectivity index (χ0v) is 16.6. The average molecular weight is 411 g/mol. The van der Waals surface area contributed by atoms with Crippen LogP contribution >= 0.6 is 11.8 Å². The largest absolute Gasteiger partial charge is 0.350 e. The van der Waals surface area contributed by atoms with E-state index in [9.17, 15) is 4.79 Å². The molecule has 0 aliphatic carbocycles. The maximum Gasteiger partial charge on any atom is 0.276 e. The zero-order valence-electron chi connectivity index (χ0n) is 15.8. The second-order valence-corrected chi connectivity index (χ2v) is 8.47. The number of rotatable bonds is 4. The predicted molar refractivity (Wildman–Crippen MR) is 117 cm³/mol. The molecule has 150 valence electrons. The van der Waals surface area contributed by atoms with Crippen molar-refractivity contribution in [2.45, 2.75) is 24.3 Å². The number of amidine groups is 1. The second kappa shape index (κ2) is 7.96. The number of carbonyl (C=O) groups excluding carboxylic acids is 1. The molecule has 5 rings (SSSR count). The van der Waals surface area contributed by atoms with Gasteiger partial charge in [-0.2, -0.15) is 5.10 Å². The Morgan fingerprint density at radius 2 is 2.17 bits per heavy atom. The van der Waals surface area contributed by atoms with Crippen molar-refractivity contribution in [3.05, 3.63) is 24.4 Å². The minimum absolute atomic E-state index is 0.114.